The fourth-order valence-electron chi connectivity index (χ4n) is 4.82. The molecule has 2 fully saturated rings. The number of carbonyl (C=O) groups is 1. The zero-order chi connectivity index (χ0) is 18.4. The Morgan fingerprint density at radius 3 is 2.88 bits per heavy atom. The Kier molecular flexibility index (Phi) is 4.44. The lowest BCUT2D eigenvalue weighted by Crippen LogP contribution is -2.45. The first-order valence-corrected chi connectivity index (χ1v) is 9.63. The van der Waals surface area contributed by atoms with E-state index in [-0.39, 0.29) is 30.0 Å². The summed E-state index contributed by atoms with van der Waals surface area (Å²) in [7, 11) is 0. The second kappa shape index (κ2) is 6.63. The van der Waals surface area contributed by atoms with Crippen molar-refractivity contribution in [2.24, 2.45) is 17.8 Å². The number of rotatable bonds is 4. The Hall–Kier alpha value is -1.99. The van der Waals surface area contributed by atoms with E-state index in [1.54, 1.807) is 18.2 Å². The van der Waals surface area contributed by atoms with Crippen LogP contribution < -0.4 is 10.9 Å². The number of amides is 1. The number of nitrogens with zero attached hydrogens (tertiary/aromatic N) is 1. The molecule has 4 atom stereocenters. The van der Waals surface area contributed by atoms with Gasteiger partial charge in [0.1, 0.15) is 0 Å². The Labute approximate surface area is 156 Å². The fourth-order valence-corrected chi connectivity index (χ4v) is 5.14. The van der Waals surface area contributed by atoms with Gasteiger partial charge in [-0.2, -0.15) is 0 Å². The molecule has 6 nitrogen and oxygen atoms in total. The fraction of sp³-hybridized carbons (Fsp3) is 0.526. The standard InChI is InChI=1S/C19H23N3O3S/c1-2-22-18(25)13-6-5-12(8-15(13)20-19(22)26)17(24)21-16-11-4-3-10(7-11)14(16)9-23/h5-6,8,10-11,14,16,23H,2-4,7,9H2,1H3,(H,20,26)(H,21,24)/t10-,11-,14-,16-/m0/s1. The van der Waals surface area contributed by atoms with Crippen molar-refractivity contribution in [3.8, 4) is 0 Å². The van der Waals surface area contributed by atoms with Gasteiger partial charge in [0.2, 0.25) is 0 Å². The molecule has 2 aromatic rings. The maximum absolute atomic E-state index is 12.8. The van der Waals surface area contributed by atoms with E-state index in [1.807, 2.05) is 6.92 Å². The van der Waals surface area contributed by atoms with Gasteiger partial charge in [-0.3, -0.25) is 14.2 Å². The lowest BCUT2D eigenvalue weighted by molar-refractivity contribution is 0.0861. The van der Waals surface area contributed by atoms with Crippen LogP contribution in [0.5, 0.6) is 0 Å². The van der Waals surface area contributed by atoms with Gasteiger partial charge in [0, 0.05) is 30.7 Å². The van der Waals surface area contributed by atoms with Gasteiger partial charge in [0.15, 0.2) is 4.77 Å². The van der Waals surface area contributed by atoms with Gasteiger partial charge in [-0.05, 0) is 68.4 Å². The van der Waals surface area contributed by atoms with E-state index in [0.29, 0.717) is 39.6 Å². The van der Waals surface area contributed by atoms with Crippen LogP contribution in [-0.4, -0.2) is 33.2 Å². The number of fused-ring (bicyclic) bond motifs is 3. The van der Waals surface area contributed by atoms with Crippen molar-refractivity contribution in [3.05, 3.63) is 38.9 Å². The highest BCUT2D eigenvalue weighted by atomic mass is 32.1. The molecule has 138 valence electrons. The molecule has 2 aliphatic carbocycles. The highest BCUT2D eigenvalue weighted by molar-refractivity contribution is 7.71. The van der Waals surface area contributed by atoms with Gasteiger partial charge in [0.25, 0.3) is 11.5 Å². The Morgan fingerprint density at radius 1 is 1.38 bits per heavy atom. The number of carbonyl (C=O) groups excluding carboxylic acids is 1. The summed E-state index contributed by atoms with van der Waals surface area (Å²) in [5.74, 6) is 0.974. The van der Waals surface area contributed by atoms with Crippen molar-refractivity contribution in [2.45, 2.75) is 38.8 Å². The van der Waals surface area contributed by atoms with Crippen LogP contribution >= 0.6 is 12.2 Å². The third-order valence-corrected chi connectivity index (χ3v) is 6.48. The number of aliphatic hydroxyl groups excluding tert-OH is 1. The number of hydrogen-bond donors (Lipinski definition) is 3. The lowest BCUT2D eigenvalue weighted by Gasteiger charge is -2.30. The van der Waals surface area contributed by atoms with Crippen LogP contribution in [-0.2, 0) is 6.54 Å². The van der Waals surface area contributed by atoms with E-state index in [4.69, 9.17) is 12.2 Å². The van der Waals surface area contributed by atoms with Crippen molar-refractivity contribution in [1.82, 2.24) is 14.9 Å². The van der Waals surface area contributed by atoms with Crippen LogP contribution in [0.4, 0.5) is 0 Å². The number of H-pyrrole nitrogens is 1. The van der Waals surface area contributed by atoms with Crippen molar-refractivity contribution in [2.75, 3.05) is 6.61 Å². The third kappa shape index (κ3) is 2.70. The number of hydrogen-bond acceptors (Lipinski definition) is 4. The monoisotopic (exact) mass is 373 g/mol. The first kappa shape index (κ1) is 17.4. The molecule has 7 heteroatoms. The molecule has 2 bridgehead atoms. The molecule has 4 rings (SSSR count). The lowest BCUT2D eigenvalue weighted by atomic mass is 9.85. The zero-order valence-corrected chi connectivity index (χ0v) is 15.5. The molecule has 0 saturated heterocycles. The van der Waals surface area contributed by atoms with E-state index in [9.17, 15) is 14.7 Å². The molecular formula is C19H23N3O3S. The average molecular weight is 373 g/mol. The molecule has 1 heterocycles. The largest absolute Gasteiger partial charge is 0.396 e. The van der Waals surface area contributed by atoms with E-state index in [0.717, 1.165) is 19.3 Å². The van der Waals surface area contributed by atoms with Gasteiger partial charge < -0.3 is 15.4 Å². The number of aromatic amines is 1. The highest BCUT2D eigenvalue weighted by Crippen LogP contribution is 2.48. The summed E-state index contributed by atoms with van der Waals surface area (Å²) >= 11 is 5.24. The first-order valence-electron chi connectivity index (χ1n) is 9.22. The number of benzene rings is 1. The summed E-state index contributed by atoms with van der Waals surface area (Å²) in [6, 6.07) is 5.07. The molecule has 1 amide bonds. The van der Waals surface area contributed by atoms with Crippen molar-refractivity contribution >= 4 is 29.0 Å². The molecule has 1 aromatic heterocycles. The second-order valence-corrected chi connectivity index (χ2v) is 7.81. The topological polar surface area (TPSA) is 87.1 Å². The van der Waals surface area contributed by atoms with E-state index < -0.39 is 0 Å². The number of nitrogens with one attached hydrogen (secondary N) is 2. The molecule has 2 saturated carbocycles. The van der Waals surface area contributed by atoms with Crippen LogP contribution in [0.1, 0.15) is 36.5 Å². The minimum atomic E-state index is -0.165. The molecule has 26 heavy (non-hydrogen) atoms. The van der Waals surface area contributed by atoms with Crippen LogP contribution in [0.15, 0.2) is 23.0 Å². The van der Waals surface area contributed by atoms with Gasteiger partial charge in [0.05, 0.1) is 10.9 Å². The Morgan fingerprint density at radius 2 is 2.15 bits per heavy atom. The summed E-state index contributed by atoms with van der Waals surface area (Å²) in [5.41, 5.74) is 0.923. The molecule has 0 unspecified atom stereocenters. The highest BCUT2D eigenvalue weighted by Gasteiger charge is 2.47. The van der Waals surface area contributed by atoms with E-state index in [2.05, 4.69) is 10.3 Å². The summed E-state index contributed by atoms with van der Waals surface area (Å²) in [6.45, 7) is 2.48. The van der Waals surface area contributed by atoms with Crippen molar-refractivity contribution in [3.63, 3.8) is 0 Å². The SMILES string of the molecule is CCn1c(=S)[nH]c2cc(C(=O)N[C@H]3[C@H]4CC[C@@H](C4)[C@@H]3CO)ccc2c1=O. The maximum atomic E-state index is 12.8. The van der Waals surface area contributed by atoms with E-state index >= 15 is 0 Å². The second-order valence-electron chi connectivity index (χ2n) is 7.42. The van der Waals surface area contributed by atoms with Crippen molar-refractivity contribution in [1.29, 1.82) is 0 Å². The smallest absolute Gasteiger partial charge is 0.262 e. The minimum absolute atomic E-state index is 0.0357. The van der Waals surface area contributed by atoms with Gasteiger partial charge in [-0.1, -0.05) is 0 Å². The van der Waals surface area contributed by atoms with E-state index in [1.165, 1.54) is 4.57 Å². The number of aliphatic hydroxyl groups is 1. The maximum Gasteiger partial charge on any atom is 0.262 e. The summed E-state index contributed by atoms with van der Waals surface area (Å²) in [5, 5.41) is 13.3. The summed E-state index contributed by atoms with van der Waals surface area (Å²) in [4.78, 5) is 28.3. The van der Waals surface area contributed by atoms with Crippen LogP contribution in [0.2, 0.25) is 0 Å². The molecule has 0 spiro atoms. The predicted molar refractivity (Wildman–Crippen MR) is 102 cm³/mol. The molecule has 1 aromatic carbocycles. The van der Waals surface area contributed by atoms with Crippen LogP contribution in [0, 0.1) is 22.5 Å². The zero-order valence-electron chi connectivity index (χ0n) is 14.7. The van der Waals surface area contributed by atoms with Gasteiger partial charge in [-0.25, -0.2) is 0 Å². The van der Waals surface area contributed by atoms with Crippen LogP contribution in [0.3, 0.4) is 0 Å². The Bertz CT molecular complexity index is 980. The van der Waals surface area contributed by atoms with Gasteiger partial charge in [-0.15, -0.1) is 0 Å². The summed E-state index contributed by atoms with van der Waals surface area (Å²) in [6.07, 6.45) is 3.36. The molecule has 2 aliphatic rings. The number of aromatic nitrogens is 2. The normalized spacial score (nSPS) is 27.2. The van der Waals surface area contributed by atoms with Gasteiger partial charge >= 0.3 is 0 Å². The molecule has 0 radical (unpaired) electrons. The third-order valence-electron chi connectivity index (χ3n) is 6.16. The molecule has 3 N–H and O–H groups in total. The molecular weight excluding hydrogens is 350 g/mol. The average Bonchev–Trinajstić information content (AvgIpc) is 3.23. The minimum Gasteiger partial charge on any atom is -0.396 e. The Balaban J connectivity index is 1.63. The molecule has 0 aliphatic heterocycles. The first-order chi connectivity index (χ1) is 12.5. The van der Waals surface area contributed by atoms with Crippen LogP contribution in [0.25, 0.3) is 10.9 Å². The quantitative estimate of drug-likeness (QED) is 0.717. The summed E-state index contributed by atoms with van der Waals surface area (Å²) < 4.78 is 1.86. The predicted octanol–water partition coefficient (Wildman–Crippen LogP) is 2.22. The van der Waals surface area contributed by atoms with Crippen molar-refractivity contribution < 1.29 is 9.90 Å².